The summed E-state index contributed by atoms with van der Waals surface area (Å²) in [5.41, 5.74) is 8.46. The number of hydrogen-bond acceptors (Lipinski definition) is 4. The van der Waals surface area contributed by atoms with Gasteiger partial charge in [0.25, 0.3) is 5.91 Å². The molecular formula is C17H22BrClN2O2S. The summed E-state index contributed by atoms with van der Waals surface area (Å²) in [6.07, 6.45) is 0. The Bertz CT molecular complexity index is 674. The van der Waals surface area contributed by atoms with E-state index in [9.17, 15) is 4.79 Å². The van der Waals surface area contributed by atoms with Gasteiger partial charge in [-0.2, -0.15) is 0 Å². The smallest absolute Gasteiger partial charge is 0.261 e. The molecule has 0 aliphatic carbocycles. The number of nitrogens with one attached hydrogen (secondary N) is 1. The monoisotopic (exact) mass is 432 g/mol. The number of rotatable bonds is 6. The van der Waals surface area contributed by atoms with Crippen molar-refractivity contribution in [3.05, 3.63) is 50.1 Å². The molecule has 1 amide bonds. The lowest BCUT2D eigenvalue weighted by molar-refractivity contribution is 0.0955. The molecule has 0 saturated heterocycles. The van der Waals surface area contributed by atoms with Crippen LogP contribution >= 0.6 is 39.7 Å². The highest BCUT2D eigenvalue weighted by atomic mass is 79.9. The highest BCUT2D eigenvalue weighted by molar-refractivity contribution is 9.11. The van der Waals surface area contributed by atoms with Crippen LogP contribution in [0.4, 0.5) is 0 Å². The fourth-order valence-electron chi connectivity index (χ4n) is 2.14. The molecule has 24 heavy (non-hydrogen) atoms. The largest absolute Gasteiger partial charge is 0.495 e. The lowest BCUT2D eigenvalue weighted by Crippen LogP contribution is -2.31. The zero-order valence-corrected chi connectivity index (χ0v) is 17.1. The predicted molar refractivity (Wildman–Crippen MR) is 106 cm³/mol. The van der Waals surface area contributed by atoms with Crippen LogP contribution in [-0.4, -0.2) is 19.6 Å². The van der Waals surface area contributed by atoms with Crippen LogP contribution in [0.3, 0.4) is 0 Å². The van der Waals surface area contributed by atoms with Crippen LogP contribution < -0.4 is 15.8 Å². The highest BCUT2D eigenvalue weighted by Gasteiger charge is 2.15. The first kappa shape index (κ1) is 21.0. The summed E-state index contributed by atoms with van der Waals surface area (Å²) < 4.78 is 5.96. The summed E-state index contributed by atoms with van der Waals surface area (Å²) >= 11 is 4.71. The summed E-state index contributed by atoms with van der Waals surface area (Å²) in [6.45, 7) is 4.70. The fraction of sp³-hybridized carbons (Fsp3) is 0.353. The number of benzene rings is 1. The molecule has 1 unspecified atom stereocenters. The maximum atomic E-state index is 12.2. The molecule has 2 aromatic rings. The molecule has 7 heteroatoms. The molecule has 0 saturated carbocycles. The van der Waals surface area contributed by atoms with E-state index < -0.39 is 0 Å². The predicted octanol–water partition coefficient (Wildman–Crippen LogP) is 4.49. The van der Waals surface area contributed by atoms with Crippen molar-refractivity contribution in [2.45, 2.75) is 25.8 Å². The summed E-state index contributed by atoms with van der Waals surface area (Å²) in [4.78, 5) is 12.8. The van der Waals surface area contributed by atoms with Crippen LogP contribution in [0.15, 0.2) is 34.1 Å². The van der Waals surface area contributed by atoms with Gasteiger partial charge in [-0.1, -0.05) is 38.1 Å². The van der Waals surface area contributed by atoms with E-state index in [0.29, 0.717) is 23.1 Å². The number of halogens is 2. The van der Waals surface area contributed by atoms with E-state index in [1.807, 2.05) is 12.1 Å². The first-order chi connectivity index (χ1) is 10.9. The molecule has 0 aliphatic heterocycles. The number of ether oxygens (including phenoxy) is 1. The van der Waals surface area contributed by atoms with E-state index in [1.54, 1.807) is 13.2 Å². The minimum atomic E-state index is -0.231. The van der Waals surface area contributed by atoms with Crippen LogP contribution in [0, 0.1) is 0 Å². The van der Waals surface area contributed by atoms with E-state index in [2.05, 4.69) is 47.2 Å². The van der Waals surface area contributed by atoms with Gasteiger partial charge < -0.3 is 15.8 Å². The molecule has 132 valence electrons. The number of thiophene rings is 1. The van der Waals surface area contributed by atoms with E-state index in [1.165, 1.54) is 16.9 Å². The molecule has 1 atom stereocenters. The minimum Gasteiger partial charge on any atom is -0.495 e. The van der Waals surface area contributed by atoms with Crippen LogP contribution in [0.2, 0.25) is 0 Å². The van der Waals surface area contributed by atoms with Crippen molar-refractivity contribution in [1.82, 2.24) is 5.32 Å². The maximum absolute atomic E-state index is 12.2. The summed E-state index contributed by atoms with van der Waals surface area (Å²) in [5.74, 6) is 1.01. The summed E-state index contributed by atoms with van der Waals surface area (Å²) in [7, 11) is 1.57. The molecule has 0 fully saturated rings. The standard InChI is InChI=1S/C17H21BrN2O2S.ClH/c1-10(2)11-4-6-12(7-5-11)13(19)9-20-17(21)15-8-14(22-3)16(18)23-15;/h4-8,10,13H,9,19H2,1-3H3,(H,20,21);1H. The number of nitrogens with two attached hydrogens (primary N) is 1. The molecule has 3 N–H and O–H groups in total. The Morgan fingerprint density at radius 3 is 2.38 bits per heavy atom. The highest BCUT2D eigenvalue weighted by Crippen LogP contribution is 2.34. The fourth-order valence-corrected chi connectivity index (χ4v) is 3.71. The van der Waals surface area contributed by atoms with Gasteiger partial charge in [0.15, 0.2) is 0 Å². The molecule has 4 nitrogen and oxygen atoms in total. The third-order valence-corrected chi connectivity index (χ3v) is 5.39. The quantitative estimate of drug-likeness (QED) is 0.705. The van der Waals surface area contributed by atoms with Crippen LogP contribution in [0.25, 0.3) is 0 Å². The van der Waals surface area contributed by atoms with Gasteiger partial charge in [0.2, 0.25) is 0 Å². The Balaban J connectivity index is 0.00000288. The van der Waals surface area contributed by atoms with Gasteiger partial charge in [-0.15, -0.1) is 23.7 Å². The van der Waals surface area contributed by atoms with E-state index in [0.717, 1.165) is 9.35 Å². The van der Waals surface area contributed by atoms with Crippen LogP contribution in [0.5, 0.6) is 5.75 Å². The minimum absolute atomic E-state index is 0. The normalized spacial score (nSPS) is 11.8. The van der Waals surface area contributed by atoms with Gasteiger partial charge in [-0.05, 0) is 33.0 Å². The third-order valence-electron chi connectivity index (χ3n) is 3.61. The molecule has 0 radical (unpaired) electrons. The van der Waals surface area contributed by atoms with Gasteiger partial charge in [0.05, 0.1) is 12.0 Å². The second-order valence-corrected chi connectivity index (χ2v) is 7.96. The van der Waals surface area contributed by atoms with Crippen molar-refractivity contribution >= 4 is 45.6 Å². The Labute approximate surface area is 161 Å². The maximum Gasteiger partial charge on any atom is 0.261 e. The van der Waals surface area contributed by atoms with Crippen molar-refractivity contribution in [3.63, 3.8) is 0 Å². The summed E-state index contributed by atoms with van der Waals surface area (Å²) in [5, 5.41) is 2.87. The van der Waals surface area contributed by atoms with Crippen molar-refractivity contribution in [2.24, 2.45) is 5.73 Å². The van der Waals surface area contributed by atoms with Gasteiger partial charge in [0, 0.05) is 18.7 Å². The number of amides is 1. The van der Waals surface area contributed by atoms with Gasteiger partial charge in [-0.3, -0.25) is 4.79 Å². The molecule has 1 aromatic heterocycles. The molecule has 0 aliphatic rings. The third kappa shape index (κ3) is 5.21. The van der Waals surface area contributed by atoms with Gasteiger partial charge in [-0.25, -0.2) is 0 Å². The van der Waals surface area contributed by atoms with Gasteiger partial charge in [0.1, 0.15) is 9.54 Å². The second kappa shape index (κ2) is 9.42. The van der Waals surface area contributed by atoms with Crippen molar-refractivity contribution in [3.8, 4) is 5.75 Å². The summed E-state index contributed by atoms with van der Waals surface area (Å²) in [6, 6.07) is 9.71. The SMILES string of the molecule is COc1cc(C(=O)NCC(N)c2ccc(C(C)C)cc2)sc1Br.Cl. The number of methoxy groups -OCH3 is 1. The lowest BCUT2D eigenvalue weighted by Gasteiger charge is -2.14. The molecule has 1 heterocycles. The van der Waals surface area contributed by atoms with Crippen molar-refractivity contribution in [1.29, 1.82) is 0 Å². The van der Waals surface area contributed by atoms with E-state index in [-0.39, 0.29) is 24.4 Å². The Morgan fingerprint density at radius 1 is 1.29 bits per heavy atom. The molecule has 0 spiro atoms. The average Bonchev–Trinajstić information content (AvgIpc) is 2.93. The number of carbonyl (C=O) groups excluding carboxylic acids is 1. The van der Waals surface area contributed by atoms with Crippen LogP contribution in [-0.2, 0) is 0 Å². The van der Waals surface area contributed by atoms with E-state index >= 15 is 0 Å². The van der Waals surface area contributed by atoms with Gasteiger partial charge >= 0.3 is 0 Å². The Kier molecular flexibility index (Phi) is 8.22. The second-order valence-electron chi connectivity index (χ2n) is 5.59. The van der Waals surface area contributed by atoms with Crippen molar-refractivity contribution in [2.75, 3.05) is 13.7 Å². The topological polar surface area (TPSA) is 64.3 Å². The van der Waals surface area contributed by atoms with Crippen molar-refractivity contribution < 1.29 is 9.53 Å². The molecule has 0 bridgehead atoms. The zero-order chi connectivity index (χ0) is 17.0. The zero-order valence-electron chi connectivity index (χ0n) is 13.8. The average molecular weight is 434 g/mol. The first-order valence-corrected chi connectivity index (χ1v) is 9.00. The number of hydrogen-bond donors (Lipinski definition) is 2. The Morgan fingerprint density at radius 2 is 1.88 bits per heavy atom. The molecule has 2 rings (SSSR count). The molecular weight excluding hydrogens is 412 g/mol. The van der Waals surface area contributed by atoms with Crippen LogP contribution in [0.1, 0.15) is 46.6 Å². The molecule has 1 aromatic carbocycles. The van der Waals surface area contributed by atoms with E-state index in [4.69, 9.17) is 10.5 Å². The number of carbonyl (C=O) groups is 1. The first-order valence-electron chi connectivity index (χ1n) is 7.39. The lowest BCUT2D eigenvalue weighted by atomic mass is 9.99. The Hall–Kier alpha value is -1.08.